The molecule has 0 radical (unpaired) electrons. The summed E-state index contributed by atoms with van der Waals surface area (Å²) in [5.41, 5.74) is 3.91. The number of hydrogen-bond acceptors (Lipinski definition) is 5. The van der Waals surface area contributed by atoms with Crippen LogP contribution in [0.2, 0.25) is 0 Å². The minimum Gasteiger partial charge on any atom is -0.369 e. The Kier molecular flexibility index (Phi) is 4.51. The lowest BCUT2D eigenvalue weighted by Gasteiger charge is -2.15. The van der Waals surface area contributed by atoms with Crippen molar-refractivity contribution in [1.29, 1.82) is 0 Å². The molecule has 1 atom stereocenters. The summed E-state index contributed by atoms with van der Waals surface area (Å²) in [4.78, 5) is 4.86. The second kappa shape index (κ2) is 6.48. The maximum Gasteiger partial charge on any atom is 0.175 e. The van der Waals surface area contributed by atoms with E-state index in [1.807, 2.05) is 36.6 Å². The second-order valence-electron chi connectivity index (χ2n) is 6.47. The number of fused-ring (bicyclic) bond motifs is 1. The molecule has 0 amide bonds. The Morgan fingerprint density at radius 2 is 1.88 bits per heavy atom. The number of aryl methyl sites for hydroxylation is 2. The Morgan fingerprint density at radius 1 is 1.20 bits per heavy atom. The molecule has 132 valence electrons. The first-order valence-electron chi connectivity index (χ1n) is 8.11. The molecule has 1 N–H and O–H groups in total. The molecular weight excluding hydrogens is 336 g/mol. The molecule has 1 aromatic carbocycles. The molecule has 6 nitrogen and oxygen atoms in total. The van der Waals surface area contributed by atoms with Crippen molar-refractivity contribution in [3.8, 4) is 0 Å². The minimum atomic E-state index is -3.16. The van der Waals surface area contributed by atoms with Crippen LogP contribution in [0.1, 0.15) is 29.7 Å². The molecule has 0 saturated heterocycles. The SMILES string of the molecule is Cc1cc(NCC(C)c2ccc(S(C)(=O)=O)cc2)n2ncc(C)c2n1. The molecular formula is C18H22N4O2S. The fourth-order valence-corrected chi connectivity index (χ4v) is 3.37. The molecule has 25 heavy (non-hydrogen) atoms. The number of anilines is 1. The topological polar surface area (TPSA) is 76.4 Å². The van der Waals surface area contributed by atoms with Gasteiger partial charge in [0, 0.05) is 30.1 Å². The van der Waals surface area contributed by atoms with E-state index < -0.39 is 9.84 Å². The molecule has 0 aliphatic rings. The van der Waals surface area contributed by atoms with Crippen LogP contribution in [0.15, 0.2) is 41.4 Å². The number of aromatic nitrogens is 3. The van der Waals surface area contributed by atoms with Crippen molar-refractivity contribution in [1.82, 2.24) is 14.6 Å². The van der Waals surface area contributed by atoms with Gasteiger partial charge >= 0.3 is 0 Å². The summed E-state index contributed by atoms with van der Waals surface area (Å²) in [6.07, 6.45) is 3.02. The normalized spacial score (nSPS) is 13.1. The van der Waals surface area contributed by atoms with Gasteiger partial charge in [0.1, 0.15) is 5.82 Å². The van der Waals surface area contributed by atoms with Gasteiger partial charge in [-0.15, -0.1) is 0 Å². The summed E-state index contributed by atoms with van der Waals surface area (Å²) in [6.45, 7) is 6.76. The first-order chi connectivity index (χ1) is 11.8. The Morgan fingerprint density at radius 3 is 2.52 bits per heavy atom. The van der Waals surface area contributed by atoms with Crippen molar-refractivity contribution < 1.29 is 8.42 Å². The smallest absolute Gasteiger partial charge is 0.175 e. The second-order valence-corrected chi connectivity index (χ2v) is 8.48. The van der Waals surface area contributed by atoms with Crippen LogP contribution < -0.4 is 5.32 Å². The number of sulfone groups is 1. The molecule has 2 aromatic heterocycles. The highest BCUT2D eigenvalue weighted by Gasteiger charge is 2.12. The van der Waals surface area contributed by atoms with Crippen molar-refractivity contribution >= 4 is 21.3 Å². The van der Waals surface area contributed by atoms with Crippen LogP contribution in [0.5, 0.6) is 0 Å². The highest BCUT2D eigenvalue weighted by molar-refractivity contribution is 7.90. The fraction of sp³-hybridized carbons (Fsp3) is 0.333. The molecule has 3 aromatic rings. The van der Waals surface area contributed by atoms with E-state index in [0.717, 1.165) is 28.3 Å². The first kappa shape index (κ1) is 17.4. The Balaban J connectivity index is 1.77. The summed E-state index contributed by atoms with van der Waals surface area (Å²) in [5.74, 6) is 1.11. The van der Waals surface area contributed by atoms with E-state index in [1.165, 1.54) is 6.26 Å². The van der Waals surface area contributed by atoms with E-state index in [4.69, 9.17) is 0 Å². The predicted molar refractivity (Wildman–Crippen MR) is 98.9 cm³/mol. The van der Waals surface area contributed by atoms with Crippen LogP contribution in [0.3, 0.4) is 0 Å². The molecule has 7 heteroatoms. The highest BCUT2D eigenvalue weighted by Crippen LogP contribution is 2.20. The lowest BCUT2D eigenvalue weighted by Crippen LogP contribution is -2.13. The maximum absolute atomic E-state index is 11.6. The molecule has 3 rings (SSSR count). The molecule has 1 unspecified atom stereocenters. The molecule has 0 saturated carbocycles. The van der Waals surface area contributed by atoms with Gasteiger partial charge < -0.3 is 5.32 Å². The van der Waals surface area contributed by atoms with E-state index in [2.05, 4.69) is 22.3 Å². The van der Waals surface area contributed by atoms with Gasteiger partial charge in [0.05, 0.1) is 11.1 Å². The van der Waals surface area contributed by atoms with Crippen LogP contribution >= 0.6 is 0 Å². The maximum atomic E-state index is 11.6. The highest BCUT2D eigenvalue weighted by atomic mass is 32.2. The van der Waals surface area contributed by atoms with Gasteiger partial charge in [-0.05, 0) is 37.5 Å². The summed E-state index contributed by atoms with van der Waals surface area (Å²) in [5, 5.41) is 7.80. The van der Waals surface area contributed by atoms with Crippen molar-refractivity contribution in [3.05, 3.63) is 53.3 Å². The quantitative estimate of drug-likeness (QED) is 0.759. The van der Waals surface area contributed by atoms with Crippen LogP contribution in [-0.4, -0.2) is 35.8 Å². The van der Waals surface area contributed by atoms with Crippen molar-refractivity contribution in [2.45, 2.75) is 31.6 Å². The zero-order valence-electron chi connectivity index (χ0n) is 14.8. The Labute approximate surface area is 147 Å². The average Bonchev–Trinajstić information content (AvgIpc) is 2.93. The first-order valence-corrected chi connectivity index (χ1v) is 10.0. The lowest BCUT2D eigenvalue weighted by atomic mass is 10.0. The number of hydrogen-bond donors (Lipinski definition) is 1. The molecule has 0 spiro atoms. The Bertz CT molecular complexity index is 1010. The standard InChI is InChI=1S/C18H22N4O2S/c1-12(15-5-7-16(8-6-15)25(4,23)24)10-19-17-9-14(3)21-18-13(2)11-20-22(17)18/h5-9,11-12,19H,10H2,1-4H3. The third-order valence-corrected chi connectivity index (χ3v) is 5.37. The van der Waals surface area contributed by atoms with E-state index in [-0.39, 0.29) is 5.92 Å². The van der Waals surface area contributed by atoms with Gasteiger partial charge in [-0.2, -0.15) is 9.61 Å². The fourth-order valence-electron chi connectivity index (χ4n) is 2.74. The minimum absolute atomic E-state index is 0.216. The monoisotopic (exact) mass is 358 g/mol. The molecule has 2 heterocycles. The van der Waals surface area contributed by atoms with Crippen LogP contribution in [-0.2, 0) is 9.84 Å². The van der Waals surface area contributed by atoms with Crippen molar-refractivity contribution in [2.75, 3.05) is 18.1 Å². The summed E-state index contributed by atoms with van der Waals surface area (Å²) < 4.78 is 24.9. The van der Waals surface area contributed by atoms with Crippen molar-refractivity contribution in [2.24, 2.45) is 0 Å². The van der Waals surface area contributed by atoms with E-state index in [9.17, 15) is 8.42 Å². The number of nitrogens with one attached hydrogen (secondary N) is 1. The van der Waals surface area contributed by atoms with E-state index in [0.29, 0.717) is 11.4 Å². The van der Waals surface area contributed by atoms with Gasteiger partial charge in [0.25, 0.3) is 0 Å². The zero-order valence-corrected chi connectivity index (χ0v) is 15.6. The molecule has 0 fully saturated rings. The van der Waals surface area contributed by atoms with Crippen molar-refractivity contribution in [3.63, 3.8) is 0 Å². The third kappa shape index (κ3) is 3.66. The lowest BCUT2D eigenvalue weighted by molar-refractivity contribution is 0.602. The third-order valence-electron chi connectivity index (χ3n) is 4.24. The van der Waals surface area contributed by atoms with Crippen LogP contribution in [0, 0.1) is 13.8 Å². The van der Waals surface area contributed by atoms with Gasteiger partial charge in [-0.1, -0.05) is 19.1 Å². The van der Waals surface area contributed by atoms with Crippen LogP contribution in [0.4, 0.5) is 5.82 Å². The zero-order chi connectivity index (χ0) is 18.2. The number of nitrogens with zero attached hydrogens (tertiary/aromatic N) is 3. The van der Waals surface area contributed by atoms with Gasteiger partial charge in [-0.3, -0.25) is 0 Å². The largest absolute Gasteiger partial charge is 0.369 e. The average molecular weight is 358 g/mol. The van der Waals surface area contributed by atoms with Gasteiger partial charge in [-0.25, -0.2) is 13.4 Å². The number of benzene rings is 1. The Hall–Kier alpha value is -2.41. The van der Waals surface area contributed by atoms with Gasteiger partial charge in [0.15, 0.2) is 15.5 Å². The van der Waals surface area contributed by atoms with E-state index in [1.54, 1.807) is 18.3 Å². The number of rotatable bonds is 5. The van der Waals surface area contributed by atoms with E-state index >= 15 is 0 Å². The molecule has 0 bridgehead atoms. The predicted octanol–water partition coefficient (Wildman–Crippen LogP) is 2.97. The molecule has 0 aliphatic heterocycles. The van der Waals surface area contributed by atoms with Crippen LogP contribution in [0.25, 0.3) is 5.65 Å². The molecule has 0 aliphatic carbocycles. The summed E-state index contributed by atoms with van der Waals surface area (Å²) >= 11 is 0. The summed E-state index contributed by atoms with van der Waals surface area (Å²) in [7, 11) is -3.16. The van der Waals surface area contributed by atoms with Gasteiger partial charge in [0.2, 0.25) is 0 Å². The summed E-state index contributed by atoms with van der Waals surface area (Å²) in [6, 6.07) is 9.03.